The molecule has 0 spiro atoms. The highest BCUT2D eigenvalue weighted by molar-refractivity contribution is 9.10. The first-order valence-corrected chi connectivity index (χ1v) is 10.00. The second-order valence-corrected chi connectivity index (χ2v) is 7.93. The number of para-hydroxylation sites is 1. The third-order valence-corrected chi connectivity index (χ3v) is 6.23. The SMILES string of the molecule is O=c1c2ccccc2c2cc(Br)c(-c3ccccc3)c3c4ccccc4n1c23. The van der Waals surface area contributed by atoms with Gasteiger partial charge in [-0.05, 0) is 29.1 Å². The van der Waals surface area contributed by atoms with Gasteiger partial charge in [-0.3, -0.25) is 9.20 Å². The number of benzene rings is 4. The van der Waals surface area contributed by atoms with Crippen molar-refractivity contribution in [2.45, 2.75) is 0 Å². The van der Waals surface area contributed by atoms with E-state index in [1.54, 1.807) is 0 Å². The molecule has 0 aliphatic carbocycles. The molecule has 2 aromatic heterocycles. The standard InChI is InChI=1S/C25H14BrNO/c26-20-14-19-16-10-4-5-11-17(16)25(28)27-21-13-7-6-12-18(21)23(24(19)27)22(20)15-8-2-1-3-9-15/h1-14H. The van der Waals surface area contributed by atoms with Crippen LogP contribution >= 0.6 is 15.9 Å². The van der Waals surface area contributed by atoms with Crippen LogP contribution in [0.15, 0.2) is 94.2 Å². The number of aromatic nitrogens is 1. The van der Waals surface area contributed by atoms with E-state index in [9.17, 15) is 4.79 Å². The van der Waals surface area contributed by atoms with Crippen molar-refractivity contribution in [3.8, 4) is 11.1 Å². The van der Waals surface area contributed by atoms with Crippen LogP contribution in [0.4, 0.5) is 0 Å². The number of halogens is 1. The highest BCUT2D eigenvalue weighted by atomic mass is 79.9. The van der Waals surface area contributed by atoms with Gasteiger partial charge in [-0.15, -0.1) is 0 Å². The number of pyridine rings is 1. The molecule has 28 heavy (non-hydrogen) atoms. The summed E-state index contributed by atoms with van der Waals surface area (Å²) < 4.78 is 2.93. The number of nitrogens with zero attached hydrogens (tertiary/aromatic N) is 1. The monoisotopic (exact) mass is 423 g/mol. The lowest BCUT2D eigenvalue weighted by Gasteiger charge is -2.12. The van der Waals surface area contributed by atoms with Crippen molar-refractivity contribution in [2.75, 3.05) is 0 Å². The Bertz CT molecular complexity index is 1580. The Labute approximate surface area is 169 Å². The highest BCUT2D eigenvalue weighted by Gasteiger charge is 2.21. The summed E-state index contributed by atoms with van der Waals surface area (Å²) in [4.78, 5) is 13.5. The van der Waals surface area contributed by atoms with Gasteiger partial charge in [0.05, 0.1) is 11.0 Å². The lowest BCUT2D eigenvalue weighted by Crippen LogP contribution is -2.12. The molecule has 0 amide bonds. The van der Waals surface area contributed by atoms with Crippen LogP contribution in [0.2, 0.25) is 0 Å². The Hall–Kier alpha value is -3.17. The van der Waals surface area contributed by atoms with Gasteiger partial charge in [0.2, 0.25) is 0 Å². The Kier molecular flexibility index (Phi) is 3.21. The van der Waals surface area contributed by atoms with Gasteiger partial charge in [-0.2, -0.15) is 0 Å². The zero-order valence-corrected chi connectivity index (χ0v) is 16.4. The van der Waals surface area contributed by atoms with Crippen molar-refractivity contribution < 1.29 is 0 Å². The first-order valence-electron chi connectivity index (χ1n) is 9.21. The average Bonchev–Trinajstić information content (AvgIpc) is 3.08. The van der Waals surface area contributed by atoms with Gasteiger partial charge in [-0.1, -0.05) is 82.7 Å². The van der Waals surface area contributed by atoms with Crippen LogP contribution in [0.5, 0.6) is 0 Å². The second-order valence-electron chi connectivity index (χ2n) is 7.07. The molecule has 6 rings (SSSR count). The molecule has 0 bridgehead atoms. The summed E-state index contributed by atoms with van der Waals surface area (Å²) in [6.45, 7) is 0. The van der Waals surface area contributed by atoms with Crippen molar-refractivity contribution >= 4 is 53.9 Å². The number of hydrogen-bond donors (Lipinski definition) is 0. The second kappa shape index (κ2) is 5.66. The van der Waals surface area contributed by atoms with E-state index in [1.165, 1.54) is 0 Å². The van der Waals surface area contributed by atoms with Crippen LogP contribution in [0.25, 0.3) is 49.1 Å². The first kappa shape index (κ1) is 15.8. The smallest absolute Gasteiger partial charge is 0.263 e. The van der Waals surface area contributed by atoms with E-state index in [4.69, 9.17) is 0 Å². The van der Waals surface area contributed by atoms with Crippen molar-refractivity contribution in [1.29, 1.82) is 0 Å². The quantitative estimate of drug-likeness (QED) is 0.272. The predicted octanol–water partition coefficient (Wildman–Crippen LogP) is 6.63. The van der Waals surface area contributed by atoms with E-state index in [0.717, 1.165) is 53.6 Å². The van der Waals surface area contributed by atoms with Gasteiger partial charge in [-0.25, -0.2) is 0 Å². The average molecular weight is 424 g/mol. The Morgan fingerprint density at radius 3 is 2.11 bits per heavy atom. The van der Waals surface area contributed by atoms with Crippen LogP contribution in [0, 0.1) is 0 Å². The zero-order chi connectivity index (χ0) is 18.8. The maximum absolute atomic E-state index is 13.5. The van der Waals surface area contributed by atoms with Gasteiger partial charge in [0.15, 0.2) is 0 Å². The van der Waals surface area contributed by atoms with E-state index in [0.29, 0.717) is 0 Å². The summed E-state index contributed by atoms with van der Waals surface area (Å²) >= 11 is 3.84. The van der Waals surface area contributed by atoms with Gasteiger partial charge in [0.1, 0.15) is 0 Å². The summed E-state index contributed by atoms with van der Waals surface area (Å²) in [5.41, 5.74) is 4.24. The summed E-state index contributed by atoms with van der Waals surface area (Å²) in [6, 6.07) is 28.6. The molecule has 0 aliphatic rings. The molecule has 0 radical (unpaired) electrons. The third-order valence-electron chi connectivity index (χ3n) is 5.60. The topological polar surface area (TPSA) is 21.5 Å². The third kappa shape index (κ3) is 1.94. The minimum Gasteiger partial charge on any atom is -0.275 e. The first-order chi connectivity index (χ1) is 13.8. The van der Waals surface area contributed by atoms with Crippen molar-refractivity contribution in [3.63, 3.8) is 0 Å². The molecule has 0 N–H and O–H groups in total. The summed E-state index contributed by atoms with van der Waals surface area (Å²) in [6.07, 6.45) is 0. The maximum Gasteiger partial charge on any atom is 0.263 e. The van der Waals surface area contributed by atoms with Gasteiger partial charge >= 0.3 is 0 Å². The van der Waals surface area contributed by atoms with E-state index in [-0.39, 0.29) is 5.56 Å². The normalized spacial score (nSPS) is 11.9. The molecule has 0 unspecified atom stereocenters. The molecule has 132 valence electrons. The molecule has 0 aliphatic heterocycles. The molecular formula is C25H14BrNO. The fraction of sp³-hybridized carbons (Fsp3) is 0. The molecule has 0 saturated heterocycles. The lowest BCUT2D eigenvalue weighted by atomic mass is 9.96. The van der Waals surface area contributed by atoms with Crippen molar-refractivity contribution in [1.82, 2.24) is 4.40 Å². The van der Waals surface area contributed by atoms with E-state index in [1.807, 2.05) is 65.1 Å². The molecule has 2 heterocycles. The lowest BCUT2D eigenvalue weighted by molar-refractivity contribution is 1.21. The predicted molar refractivity (Wildman–Crippen MR) is 121 cm³/mol. The van der Waals surface area contributed by atoms with Gasteiger partial charge in [0.25, 0.3) is 5.56 Å². The molecule has 6 aromatic rings. The molecule has 0 atom stereocenters. The maximum atomic E-state index is 13.5. The van der Waals surface area contributed by atoms with Crippen LogP contribution in [0.3, 0.4) is 0 Å². The molecule has 3 heteroatoms. The van der Waals surface area contributed by atoms with Gasteiger partial charge in [0, 0.05) is 31.6 Å². The van der Waals surface area contributed by atoms with Gasteiger partial charge < -0.3 is 0 Å². The number of rotatable bonds is 1. The Morgan fingerprint density at radius 2 is 1.32 bits per heavy atom. The van der Waals surface area contributed by atoms with Crippen molar-refractivity contribution in [3.05, 3.63) is 99.8 Å². The Balaban J connectivity index is 2.02. The minimum atomic E-state index is 0.0376. The Morgan fingerprint density at radius 1 is 0.679 bits per heavy atom. The summed E-state index contributed by atoms with van der Waals surface area (Å²) in [5.74, 6) is 0. The minimum absolute atomic E-state index is 0.0376. The van der Waals surface area contributed by atoms with Crippen LogP contribution in [-0.4, -0.2) is 4.40 Å². The molecular weight excluding hydrogens is 410 g/mol. The fourth-order valence-electron chi connectivity index (χ4n) is 4.46. The van der Waals surface area contributed by atoms with Crippen LogP contribution in [0.1, 0.15) is 0 Å². The van der Waals surface area contributed by atoms with Crippen LogP contribution < -0.4 is 5.56 Å². The number of hydrogen-bond acceptors (Lipinski definition) is 1. The van der Waals surface area contributed by atoms with E-state index < -0.39 is 0 Å². The number of fused-ring (bicyclic) bond motifs is 5. The molecule has 0 fully saturated rings. The van der Waals surface area contributed by atoms with E-state index in [2.05, 4.69) is 40.2 Å². The van der Waals surface area contributed by atoms with Crippen LogP contribution in [-0.2, 0) is 0 Å². The zero-order valence-electron chi connectivity index (χ0n) is 14.8. The molecule has 2 nitrogen and oxygen atoms in total. The summed E-state index contributed by atoms with van der Waals surface area (Å²) in [5, 5.41) is 5.05. The van der Waals surface area contributed by atoms with Crippen molar-refractivity contribution in [2.24, 2.45) is 0 Å². The molecule has 0 saturated carbocycles. The molecule has 4 aromatic carbocycles. The highest BCUT2D eigenvalue weighted by Crippen LogP contribution is 2.44. The van der Waals surface area contributed by atoms with E-state index >= 15 is 0 Å². The fourth-order valence-corrected chi connectivity index (χ4v) is 5.12. The largest absolute Gasteiger partial charge is 0.275 e. The summed E-state index contributed by atoms with van der Waals surface area (Å²) in [7, 11) is 0.